The Morgan fingerprint density at radius 2 is 2.00 bits per heavy atom. The molecule has 0 atom stereocenters. The van der Waals surface area contributed by atoms with Crippen molar-refractivity contribution in [3.63, 3.8) is 0 Å². The zero-order valence-corrected chi connectivity index (χ0v) is 9.59. The lowest BCUT2D eigenvalue weighted by Crippen LogP contribution is -2.05. The average Bonchev–Trinajstić information content (AvgIpc) is 2.77. The maximum absolute atomic E-state index is 13.6. The van der Waals surface area contributed by atoms with Gasteiger partial charge in [-0.3, -0.25) is 4.79 Å². The first kappa shape index (κ1) is 13.5. The quantitative estimate of drug-likeness (QED) is 0.630. The molecule has 1 heterocycles. The Balaban J connectivity index is 2.43. The summed E-state index contributed by atoms with van der Waals surface area (Å²) in [7, 11) is 0. The highest BCUT2D eigenvalue weighted by Crippen LogP contribution is 2.30. The molecule has 4 nitrogen and oxygen atoms in total. The molecule has 0 radical (unpaired) electrons. The molecule has 0 aliphatic carbocycles. The van der Waals surface area contributed by atoms with Crippen molar-refractivity contribution in [2.24, 2.45) is 0 Å². The summed E-state index contributed by atoms with van der Waals surface area (Å²) in [5.41, 5.74) is -0.469. The molecule has 1 aromatic heterocycles. The van der Waals surface area contributed by atoms with Crippen LogP contribution in [0.3, 0.4) is 0 Å². The number of carbonyl (C=O) groups excluding carboxylic acids is 1. The van der Waals surface area contributed by atoms with Crippen LogP contribution in [0.5, 0.6) is 0 Å². The van der Waals surface area contributed by atoms with Crippen LogP contribution >= 0.6 is 11.6 Å². The molecule has 0 spiro atoms. The second-order valence-corrected chi connectivity index (χ2v) is 3.73. The van der Waals surface area contributed by atoms with Gasteiger partial charge in [0.1, 0.15) is 5.82 Å². The molecule has 0 aliphatic rings. The van der Waals surface area contributed by atoms with Crippen LogP contribution in [-0.2, 0) is 6.18 Å². The van der Waals surface area contributed by atoms with Crippen molar-refractivity contribution in [2.75, 3.05) is 0 Å². The monoisotopic (exact) mass is 294 g/mol. The summed E-state index contributed by atoms with van der Waals surface area (Å²) in [6.07, 6.45) is -4.81. The molecule has 19 heavy (non-hydrogen) atoms. The minimum absolute atomic E-state index is 0.137. The highest BCUT2D eigenvalue weighted by atomic mass is 35.5. The molecular formula is C10H3ClF4N2O2. The van der Waals surface area contributed by atoms with Gasteiger partial charge in [-0.15, -0.1) is 0 Å². The van der Waals surface area contributed by atoms with Crippen molar-refractivity contribution in [1.29, 1.82) is 0 Å². The zero-order valence-electron chi connectivity index (χ0n) is 8.83. The summed E-state index contributed by atoms with van der Waals surface area (Å²) in [6, 6.07) is 2.95. The molecule has 0 amide bonds. The van der Waals surface area contributed by atoms with Crippen LogP contribution in [0.2, 0.25) is 0 Å². The van der Waals surface area contributed by atoms with Crippen LogP contribution in [0, 0.1) is 5.82 Å². The van der Waals surface area contributed by atoms with Gasteiger partial charge in [0.2, 0.25) is 5.82 Å². The fourth-order valence-corrected chi connectivity index (χ4v) is 1.38. The summed E-state index contributed by atoms with van der Waals surface area (Å²) < 4.78 is 54.3. The summed E-state index contributed by atoms with van der Waals surface area (Å²) >= 11 is 5.13. The van der Waals surface area contributed by atoms with Gasteiger partial charge in [-0.1, -0.05) is 5.16 Å². The maximum atomic E-state index is 13.6. The first-order valence-corrected chi connectivity index (χ1v) is 5.07. The van der Waals surface area contributed by atoms with E-state index in [-0.39, 0.29) is 11.1 Å². The van der Waals surface area contributed by atoms with Gasteiger partial charge in [0, 0.05) is 5.56 Å². The summed E-state index contributed by atoms with van der Waals surface area (Å²) in [5.74, 6) is -3.14. The molecule has 1 aromatic carbocycles. The first-order chi connectivity index (χ1) is 8.79. The van der Waals surface area contributed by atoms with E-state index in [0.29, 0.717) is 0 Å². The van der Waals surface area contributed by atoms with Gasteiger partial charge in [0.15, 0.2) is 0 Å². The van der Waals surface area contributed by atoms with E-state index in [1.807, 2.05) is 0 Å². The van der Waals surface area contributed by atoms with Gasteiger partial charge >= 0.3 is 12.1 Å². The fraction of sp³-hybridized carbons (Fsp3) is 0.100. The molecule has 2 aromatic rings. The van der Waals surface area contributed by atoms with E-state index in [2.05, 4.69) is 14.7 Å². The lowest BCUT2D eigenvalue weighted by atomic mass is 10.1. The first-order valence-electron chi connectivity index (χ1n) is 4.69. The molecule has 0 saturated heterocycles. The minimum atomic E-state index is -4.81. The molecule has 2 rings (SSSR count). The molecule has 0 saturated carbocycles. The van der Waals surface area contributed by atoms with Gasteiger partial charge in [-0.25, -0.2) is 4.39 Å². The van der Waals surface area contributed by atoms with Crippen molar-refractivity contribution in [1.82, 2.24) is 10.1 Å². The predicted octanol–water partition coefficient (Wildman–Crippen LogP) is 3.27. The standard InChI is InChI=1S/C10H3ClF4N2O2/c11-7(18)4-1-2-5(6(12)3-4)8-16-9(19-17-8)10(13,14)15/h1-3H. The third-order valence-corrected chi connectivity index (χ3v) is 2.32. The number of benzene rings is 1. The van der Waals surface area contributed by atoms with Crippen LogP contribution in [0.4, 0.5) is 17.6 Å². The minimum Gasteiger partial charge on any atom is -0.329 e. The SMILES string of the molecule is O=C(Cl)c1ccc(-c2noc(C(F)(F)F)n2)c(F)c1. The van der Waals surface area contributed by atoms with Crippen LogP contribution in [0.15, 0.2) is 22.7 Å². The Kier molecular flexibility index (Phi) is 3.27. The molecule has 0 bridgehead atoms. The number of hydrogen-bond donors (Lipinski definition) is 0. The largest absolute Gasteiger partial charge is 0.471 e. The highest BCUT2D eigenvalue weighted by molar-refractivity contribution is 6.67. The van der Waals surface area contributed by atoms with Crippen molar-refractivity contribution >= 4 is 16.8 Å². The van der Waals surface area contributed by atoms with Crippen LogP contribution in [0.25, 0.3) is 11.4 Å². The Bertz CT molecular complexity index is 639. The number of alkyl halides is 3. The van der Waals surface area contributed by atoms with E-state index in [1.165, 1.54) is 0 Å². The molecule has 0 fully saturated rings. The van der Waals surface area contributed by atoms with Gasteiger partial charge < -0.3 is 4.52 Å². The Morgan fingerprint density at radius 3 is 2.47 bits per heavy atom. The van der Waals surface area contributed by atoms with Crippen LogP contribution < -0.4 is 0 Å². The molecule has 9 heteroatoms. The number of halogens is 5. The van der Waals surface area contributed by atoms with E-state index in [1.54, 1.807) is 0 Å². The molecule has 0 aliphatic heterocycles. The number of rotatable bonds is 2. The lowest BCUT2D eigenvalue weighted by molar-refractivity contribution is -0.159. The Hall–Kier alpha value is -1.96. The zero-order chi connectivity index (χ0) is 14.2. The lowest BCUT2D eigenvalue weighted by Gasteiger charge is -1.99. The van der Waals surface area contributed by atoms with Crippen molar-refractivity contribution in [3.8, 4) is 11.4 Å². The molecule has 0 N–H and O–H groups in total. The fourth-order valence-electron chi connectivity index (χ4n) is 1.27. The van der Waals surface area contributed by atoms with Gasteiger partial charge in [-0.05, 0) is 29.8 Å². The maximum Gasteiger partial charge on any atom is 0.471 e. The Morgan fingerprint density at radius 1 is 1.32 bits per heavy atom. The van der Waals surface area contributed by atoms with Gasteiger partial charge in [0.25, 0.3) is 5.24 Å². The molecule has 0 unspecified atom stereocenters. The van der Waals surface area contributed by atoms with Crippen LogP contribution in [0.1, 0.15) is 16.2 Å². The van der Waals surface area contributed by atoms with Crippen molar-refractivity contribution in [3.05, 3.63) is 35.5 Å². The van der Waals surface area contributed by atoms with Crippen molar-refractivity contribution < 1.29 is 26.9 Å². The second kappa shape index (κ2) is 4.61. The van der Waals surface area contributed by atoms with E-state index < -0.39 is 29.0 Å². The number of carbonyl (C=O) groups is 1. The number of aromatic nitrogens is 2. The van der Waals surface area contributed by atoms with E-state index in [9.17, 15) is 22.4 Å². The molecular weight excluding hydrogens is 292 g/mol. The number of hydrogen-bond acceptors (Lipinski definition) is 4. The van der Waals surface area contributed by atoms with E-state index in [4.69, 9.17) is 11.6 Å². The number of nitrogens with zero attached hydrogens (tertiary/aromatic N) is 2. The summed E-state index contributed by atoms with van der Waals surface area (Å²) in [5, 5.41) is 2.13. The van der Waals surface area contributed by atoms with Crippen molar-refractivity contribution in [2.45, 2.75) is 6.18 Å². The highest BCUT2D eigenvalue weighted by Gasteiger charge is 2.38. The normalized spacial score (nSPS) is 11.6. The van der Waals surface area contributed by atoms with E-state index >= 15 is 0 Å². The third-order valence-electron chi connectivity index (χ3n) is 2.11. The average molecular weight is 295 g/mol. The third kappa shape index (κ3) is 2.73. The topological polar surface area (TPSA) is 56.0 Å². The summed E-state index contributed by atoms with van der Waals surface area (Å²) in [4.78, 5) is 13.8. The second-order valence-electron chi connectivity index (χ2n) is 3.39. The Labute approximate surface area is 108 Å². The predicted molar refractivity (Wildman–Crippen MR) is 54.9 cm³/mol. The van der Waals surface area contributed by atoms with Gasteiger partial charge in [0.05, 0.1) is 5.56 Å². The van der Waals surface area contributed by atoms with Crippen LogP contribution in [-0.4, -0.2) is 15.4 Å². The van der Waals surface area contributed by atoms with E-state index in [0.717, 1.165) is 18.2 Å². The smallest absolute Gasteiger partial charge is 0.329 e. The summed E-state index contributed by atoms with van der Waals surface area (Å²) in [6.45, 7) is 0. The van der Waals surface area contributed by atoms with Gasteiger partial charge in [-0.2, -0.15) is 18.2 Å². The molecule has 100 valence electrons.